The third-order valence-electron chi connectivity index (χ3n) is 14.1. The lowest BCUT2D eigenvalue weighted by atomic mass is 9.88. The lowest BCUT2D eigenvalue weighted by Gasteiger charge is -2.18. The first-order chi connectivity index (χ1) is 38.1. The predicted octanol–water partition coefficient (Wildman–Crippen LogP) is 17.7. The molecule has 0 fully saturated rings. The number of nitrogens with zero attached hydrogens (tertiary/aromatic N) is 2. The number of allylic oxidation sites excluding steroid dienone is 12. The van der Waals surface area contributed by atoms with Gasteiger partial charge in [0.15, 0.2) is 12.4 Å². The summed E-state index contributed by atoms with van der Waals surface area (Å²) in [5.74, 6) is 0. The van der Waals surface area contributed by atoms with Crippen LogP contribution >= 0.6 is 0 Å². The van der Waals surface area contributed by atoms with Crippen molar-refractivity contribution in [1.82, 2.24) is 10.6 Å². The molecule has 0 saturated carbocycles. The second kappa shape index (κ2) is 36.4. The Morgan fingerprint density at radius 3 is 1.57 bits per heavy atom. The van der Waals surface area contributed by atoms with Crippen LogP contribution in [-0.2, 0) is 32.2 Å². The highest BCUT2D eigenvalue weighted by Gasteiger charge is 2.12. The van der Waals surface area contributed by atoms with Crippen LogP contribution in [0.5, 0.6) is 0 Å². The van der Waals surface area contributed by atoms with Gasteiger partial charge in [0, 0.05) is 50.1 Å². The molecule has 6 aromatic rings. The van der Waals surface area contributed by atoms with E-state index in [-0.39, 0.29) is 0 Å². The van der Waals surface area contributed by atoms with E-state index in [4.69, 9.17) is 4.99 Å². The summed E-state index contributed by atoms with van der Waals surface area (Å²) in [4.78, 5) is 4.77. The molecule has 6 rings (SSSR count). The van der Waals surface area contributed by atoms with Crippen LogP contribution < -0.4 is 15.2 Å². The van der Waals surface area contributed by atoms with Crippen molar-refractivity contribution in [3.63, 3.8) is 0 Å². The summed E-state index contributed by atoms with van der Waals surface area (Å²) in [6.45, 7) is 13.8. The van der Waals surface area contributed by atoms with Crippen molar-refractivity contribution >= 4 is 22.9 Å². The summed E-state index contributed by atoms with van der Waals surface area (Å²) in [6, 6.07) is 52.0. The molecule has 77 heavy (non-hydrogen) atoms. The first kappa shape index (κ1) is 58.7. The van der Waals surface area contributed by atoms with E-state index in [1.807, 2.05) is 30.5 Å². The highest BCUT2D eigenvalue weighted by molar-refractivity contribution is 5.81. The zero-order valence-corrected chi connectivity index (χ0v) is 46.4. The Kier molecular flexibility index (Phi) is 27.8. The van der Waals surface area contributed by atoms with Gasteiger partial charge in [-0.25, -0.2) is 4.57 Å². The van der Waals surface area contributed by atoms with Crippen LogP contribution in [0, 0.1) is 0 Å². The maximum absolute atomic E-state index is 4.77. The first-order valence-electron chi connectivity index (χ1n) is 28.8. The summed E-state index contributed by atoms with van der Waals surface area (Å²) < 4.78 is 2.37. The Morgan fingerprint density at radius 2 is 1.00 bits per heavy atom. The number of pyridine rings is 1. The molecule has 0 saturated heterocycles. The summed E-state index contributed by atoms with van der Waals surface area (Å²) >= 11 is 0. The third kappa shape index (κ3) is 22.3. The van der Waals surface area contributed by atoms with Gasteiger partial charge in [-0.15, -0.1) is 0 Å². The number of rotatable bonds is 36. The highest BCUT2D eigenvalue weighted by Crippen LogP contribution is 2.26. The van der Waals surface area contributed by atoms with Crippen LogP contribution in [0.1, 0.15) is 123 Å². The minimum Gasteiger partial charge on any atom is -0.391 e. The van der Waals surface area contributed by atoms with E-state index in [0.29, 0.717) is 0 Å². The van der Waals surface area contributed by atoms with Gasteiger partial charge in [-0.05, 0) is 170 Å². The number of nitrogens with one attached hydrogen (secondary N) is 2. The molecule has 0 aliphatic carbocycles. The molecule has 0 aliphatic rings. The molecular weight excluding hydrogens is 933 g/mol. The Morgan fingerprint density at radius 1 is 0.494 bits per heavy atom. The number of unbranched alkanes of at least 4 members (excludes halogenated alkanes) is 8. The minimum absolute atomic E-state index is 0.863. The second-order valence-corrected chi connectivity index (χ2v) is 19.9. The topological polar surface area (TPSA) is 40.3 Å². The largest absolute Gasteiger partial charge is 0.391 e. The zero-order chi connectivity index (χ0) is 53.6. The van der Waals surface area contributed by atoms with Crippen molar-refractivity contribution in [2.24, 2.45) is 4.99 Å². The number of hydrogen-bond acceptors (Lipinski definition) is 3. The Balaban J connectivity index is 1.08. The monoisotopic (exact) mass is 1020 g/mol. The van der Waals surface area contributed by atoms with E-state index in [2.05, 4.69) is 236 Å². The van der Waals surface area contributed by atoms with Crippen LogP contribution in [-0.4, -0.2) is 25.8 Å². The molecule has 0 amide bonds. The standard InChI is InChI=1S/C73H87N4/c1-4-7-35-72(66-40-20-10-21-41-66)60-76-53-30-14-26-46-69-59-71(47-27-15-31-56-77-57-34-50-73(61-77)67-42-22-11-23-43-67)70(45-25-13-29-52-75-55-33-49-63(6-3)65-38-18-9-19-39-65)58-68(69)44-24-12-28-51-74-54-32-48-62(5-2)64-36-16-8-17-37-64/h4-11,16-23,32-43,48-50,54-55,57-61,74,76H,1-2,12-15,24-31,44-47,51-53,56H2,3H3/q+1/b35-7-,49-33-,54-32-,62-48+,63-6+,72-60+,75-55?. The van der Waals surface area contributed by atoms with Crippen molar-refractivity contribution in [2.45, 2.75) is 116 Å². The third-order valence-corrected chi connectivity index (χ3v) is 14.1. The smallest absolute Gasteiger partial charge is 0.176 e. The summed E-state index contributed by atoms with van der Waals surface area (Å²) in [7, 11) is 0. The van der Waals surface area contributed by atoms with E-state index in [1.54, 1.807) is 22.3 Å². The van der Waals surface area contributed by atoms with Gasteiger partial charge in [0.2, 0.25) is 0 Å². The van der Waals surface area contributed by atoms with Gasteiger partial charge in [-0.3, -0.25) is 4.99 Å². The molecule has 0 unspecified atom stereocenters. The number of hydrogen-bond donors (Lipinski definition) is 2. The molecule has 0 spiro atoms. The van der Waals surface area contributed by atoms with Gasteiger partial charge in [0.25, 0.3) is 0 Å². The number of aryl methyl sites for hydroxylation is 5. The quantitative estimate of drug-likeness (QED) is 0.0178. The van der Waals surface area contributed by atoms with Crippen LogP contribution in [0.25, 0.3) is 27.8 Å². The fourth-order valence-corrected chi connectivity index (χ4v) is 9.81. The van der Waals surface area contributed by atoms with Gasteiger partial charge in [0.1, 0.15) is 6.54 Å². The average Bonchev–Trinajstić information content (AvgIpc) is 3.48. The van der Waals surface area contributed by atoms with E-state index in [0.717, 1.165) is 76.7 Å². The van der Waals surface area contributed by atoms with Crippen molar-refractivity contribution in [2.75, 3.05) is 19.6 Å². The van der Waals surface area contributed by atoms with Crippen molar-refractivity contribution in [3.05, 3.63) is 277 Å². The van der Waals surface area contributed by atoms with E-state index in [9.17, 15) is 0 Å². The fourth-order valence-electron chi connectivity index (χ4n) is 9.81. The summed E-state index contributed by atoms with van der Waals surface area (Å²) in [5.41, 5.74) is 16.0. The van der Waals surface area contributed by atoms with Crippen molar-refractivity contribution in [1.29, 1.82) is 0 Å². The van der Waals surface area contributed by atoms with Crippen LogP contribution in [0.2, 0.25) is 0 Å². The second-order valence-electron chi connectivity index (χ2n) is 19.9. The van der Waals surface area contributed by atoms with Crippen LogP contribution in [0.4, 0.5) is 0 Å². The van der Waals surface area contributed by atoms with E-state index >= 15 is 0 Å². The van der Waals surface area contributed by atoms with Gasteiger partial charge >= 0.3 is 0 Å². The maximum Gasteiger partial charge on any atom is 0.176 e. The fraction of sp³-hybridized carbons (Fsp3) is 0.288. The van der Waals surface area contributed by atoms with Gasteiger partial charge in [0.05, 0.1) is 0 Å². The van der Waals surface area contributed by atoms with E-state index in [1.165, 1.54) is 96.8 Å². The number of aromatic nitrogens is 1. The minimum atomic E-state index is 0.863. The molecule has 1 heterocycles. The summed E-state index contributed by atoms with van der Waals surface area (Å²) in [6.07, 6.45) is 47.9. The molecule has 4 heteroatoms. The number of aliphatic imine (C=N–C) groups is 1. The van der Waals surface area contributed by atoms with Gasteiger partial charge in [-0.1, -0.05) is 208 Å². The van der Waals surface area contributed by atoms with Gasteiger partial charge in [-0.2, -0.15) is 0 Å². The molecule has 0 aliphatic heterocycles. The Labute approximate surface area is 464 Å². The van der Waals surface area contributed by atoms with Crippen LogP contribution in [0.15, 0.2) is 243 Å². The summed E-state index contributed by atoms with van der Waals surface area (Å²) in [5, 5.41) is 7.15. The van der Waals surface area contributed by atoms with Crippen LogP contribution in [0.3, 0.4) is 0 Å². The normalized spacial score (nSPS) is 12.4. The molecule has 4 nitrogen and oxygen atoms in total. The molecule has 398 valence electrons. The maximum atomic E-state index is 4.77. The Hall–Kier alpha value is -7.56. The lowest BCUT2D eigenvalue weighted by Crippen LogP contribution is -2.32. The highest BCUT2D eigenvalue weighted by atomic mass is 14.9. The molecule has 0 radical (unpaired) electrons. The SMILES string of the molecule is C=C/C=C\C(=C/NCCCCCc1cc(CCCCC[n+]2cccc(-c3ccccc3)c2)c(CCCCCN=C/C=C\C(=C/C)c2ccccc2)cc1CCCCCN/C=C\C=C(/C=C)c1ccccc1)c1ccccc1. The predicted molar refractivity (Wildman–Crippen MR) is 335 cm³/mol. The molecule has 0 atom stereocenters. The molecule has 1 aromatic heterocycles. The van der Waals surface area contributed by atoms with Crippen molar-refractivity contribution in [3.8, 4) is 11.1 Å². The Bertz CT molecular complexity index is 2830. The molecular formula is C73H87N4+. The van der Waals surface area contributed by atoms with E-state index < -0.39 is 0 Å². The zero-order valence-electron chi connectivity index (χ0n) is 46.4. The molecule has 2 N–H and O–H groups in total. The number of benzene rings is 5. The lowest BCUT2D eigenvalue weighted by molar-refractivity contribution is -0.696. The molecule has 5 aromatic carbocycles. The molecule has 0 bridgehead atoms. The first-order valence-corrected chi connectivity index (χ1v) is 28.8. The van der Waals surface area contributed by atoms with Crippen molar-refractivity contribution < 1.29 is 4.57 Å². The van der Waals surface area contributed by atoms with Gasteiger partial charge < -0.3 is 10.6 Å². The average molecular weight is 1020 g/mol.